The van der Waals surface area contributed by atoms with E-state index in [4.69, 9.17) is 0 Å². The van der Waals surface area contributed by atoms with E-state index in [1.54, 1.807) is 0 Å². The zero-order valence-electron chi connectivity index (χ0n) is 19.5. The molecule has 16 heteroatoms. The van der Waals surface area contributed by atoms with Gasteiger partial charge in [0.1, 0.15) is 0 Å². The second kappa shape index (κ2) is 10.4. The Labute approximate surface area is 211 Å². The SMILES string of the molecule is Cc1c(C(=O)Nc2ccccc2NC(=O)c2cc([N+](=O)[O-])cc([N+](=O)[O-])c2C)cc([N+](=O)[O-])cc1[N+](=O)[O-]. The van der Waals surface area contributed by atoms with Gasteiger partial charge in [0.05, 0.1) is 54.3 Å². The molecule has 0 aliphatic heterocycles. The number of rotatable bonds is 8. The van der Waals surface area contributed by atoms with Crippen LogP contribution in [0.5, 0.6) is 0 Å². The molecular formula is C22H16N6O10. The topological polar surface area (TPSA) is 231 Å². The van der Waals surface area contributed by atoms with Crippen LogP contribution in [0.25, 0.3) is 0 Å². The number of para-hydroxylation sites is 2. The summed E-state index contributed by atoms with van der Waals surface area (Å²) in [6.45, 7) is 2.48. The number of amides is 2. The molecule has 3 rings (SSSR count). The Balaban J connectivity index is 1.99. The number of nitro groups is 4. The van der Waals surface area contributed by atoms with Crippen molar-refractivity contribution in [3.63, 3.8) is 0 Å². The molecule has 0 unspecified atom stereocenters. The Morgan fingerprint density at radius 2 is 0.947 bits per heavy atom. The van der Waals surface area contributed by atoms with Gasteiger partial charge in [-0.15, -0.1) is 0 Å². The van der Waals surface area contributed by atoms with Gasteiger partial charge in [-0.1, -0.05) is 12.1 Å². The zero-order valence-corrected chi connectivity index (χ0v) is 19.5. The Kier molecular flexibility index (Phi) is 7.36. The van der Waals surface area contributed by atoms with Crippen LogP contribution in [-0.4, -0.2) is 31.5 Å². The molecule has 2 N–H and O–H groups in total. The first kappa shape index (κ1) is 26.8. The summed E-state index contributed by atoms with van der Waals surface area (Å²) in [5.41, 5.74) is -3.72. The third-order valence-electron chi connectivity index (χ3n) is 5.46. The highest BCUT2D eigenvalue weighted by Crippen LogP contribution is 2.31. The lowest BCUT2D eigenvalue weighted by Crippen LogP contribution is -2.19. The maximum absolute atomic E-state index is 13.0. The summed E-state index contributed by atoms with van der Waals surface area (Å²) in [5, 5.41) is 49.9. The minimum absolute atomic E-state index is 0.0306. The molecule has 3 aromatic rings. The number of nitrogens with zero attached hydrogens (tertiary/aromatic N) is 4. The normalized spacial score (nSPS) is 10.4. The first-order chi connectivity index (χ1) is 17.8. The molecule has 2 amide bonds. The smallest absolute Gasteiger partial charge is 0.279 e. The molecule has 0 radical (unpaired) electrons. The minimum Gasteiger partial charge on any atom is -0.320 e. The molecule has 0 bridgehead atoms. The summed E-state index contributed by atoms with van der Waals surface area (Å²) in [6, 6.07) is 8.81. The second-order valence-electron chi connectivity index (χ2n) is 7.76. The van der Waals surface area contributed by atoms with Crippen LogP contribution in [-0.2, 0) is 0 Å². The number of benzene rings is 3. The van der Waals surface area contributed by atoms with Gasteiger partial charge in [-0.05, 0) is 26.0 Å². The van der Waals surface area contributed by atoms with Crippen LogP contribution in [0.2, 0.25) is 0 Å². The molecule has 194 valence electrons. The van der Waals surface area contributed by atoms with Crippen LogP contribution in [0.4, 0.5) is 34.1 Å². The largest absolute Gasteiger partial charge is 0.320 e. The van der Waals surface area contributed by atoms with Gasteiger partial charge in [-0.25, -0.2) is 0 Å². The second-order valence-corrected chi connectivity index (χ2v) is 7.76. The van der Waals surface area contributed by atoms with Crippen molar-refractivity contribution in [3.8, 4) is 0 Å². The van der Waals surface area contributed by atoms with Gasteiger partial charge in [0.25, 0.3) is 34.6 Å². The van der Waals surface area contributed by atoms with Crippen LogP contribution in [0.3, 0.4) is 0 Å². The predicted octanol–water partition coefficient (Wildman–Crippen LogP) is 4.44. The van der Waals surface area contributed by atoms with Crippen molar-refractivity contribution in [2.75, 3.05) is 10.6 Å². The number of anilines is 2. The molecule has 0 fully saturated rings. The molecule has 38 heavy (non-hydrogen) atoms. The number of carbonyl (C=O) groups is 2. The third-order valence-corrected chi connectivity index (χ3v) is 5.46. The summed E-state index contributed by atoms with van der Waals surface area (Å²) in [7, 11) is 0. The molecule has 16 nitrogen and oxygen atoms in total. The first-order valence-electron chi connectivity index (χ1n) is 10.4. The number of carbonyl (C=O) groups excluding carboxylic acids is 2. The predicted molar refractivity (Wildman–Crippen MR) is 131 cm³/mol. The molecule has 0 spiro atoms. The van der Waals surface area contributed by atoms with Crippen molar-refractivity contribution < 1.29 is 29.3 Å². The summed E-state index contributed by atoms with van der Waals surface area (Å²) in [5.74, 6) is -1.92. The summed E-state index contributed by atoms with van der Waals surface area (Å²) < 4.78 is 0. The fourth-order valence-electron chi connectivity index (χ4n) is 3.51. The van der Waals surface area contributed by atoms with E-state index in [0.29, 0.717) is 0 Å². The van der Waals surface area contributed by atoms with Gasteiger partial charge in [0, 0.05) is 23.3 Å². The van der Waals surface area contributed by atoms with Crippen LogP contribution in [0, 0.1) is 54.3 Å². The van der Waals surface area contributed by atoms with Crippen molar-refractivity contribution in [1.82, 2.24) is 0 Å². The van der Waals surface area contributed by atoms with E-state index in [2.05, 4.69) is 10.6 Å². The van der Waals surface area contributed by atoms with E-state index in [1.807, 2.05) is 0 Å². The van der Waals surface area contributed by atoms with Crippen molar-refractivity contribution in [1.29, 1.82) is 0 Å². The highest BCUT2D eigenvalue weighted by molar-refractivity contribution is 6.11. The van der Waals surface area contributed by atoms with Gasteiger partial charge < -0.3 is 10.6 Å². The lowest BCUT2D eigenvalue weighted by molar-refractivity contribution is -0.394. The summed E-state index contributed by atoms with van der Waals surface area (Å²) >= 11 is 0. The summed E-state index contributed by atoms with van der Waals surface area (Å²) in [6.07, 6.45) is 0. The van der Waals surface area contributed by atoms with Gasteiger partial charge in [0.15, 0.2) is 0 Å². The Morgan fingerprint density at radius 3 is 1.24 bits per heavy atom. The number of nitro benzene ring substituents is 4. The molecule has 0 saturated heterocycles. The number of non-ortho nitro benzene ring substituents is 2. The van der Waals surface area contributed by atoms with Gasteiger partial charge in [-0.3, -0.25) is 50.0 Å². The molecule has 0 atom stereocenters. The van der Waals surface area contributed by atoms with Crippen LogP contribution in [0.15, 0.2) is 48.5 Å². The lowest BCUT2D eigenvalue weighted by atomic mass is 10.0. The fraction of sp³-hybridized carbons (Fsp3) is 0.0909. The molecular weight excluding hydrogens is 508 g/mol. The van der Waals surface area contributed by atoms with E-state index < -0.39 is 54.3 Å². The fourth-order valence-corrected chi connectivity index (χ4v) is 3.51. The Morgan fingerprint density at radius 1 is 0.605 bits per heavy atom. The molecule has 0 aliphatic rings. The standard InChI is InChI=1S/C22H16N6O10/c1-11-15(7-13(25(31)32)9-19(11)27(35)36)21(29)23-17-5-3-4-6-18(17)24-22(30)16-8-14(26(33)34)10-20(12(16)2)28(37)38/h3-10H,1-2H3,(H,23,29)(H,24,30). The molecule has 0 saturated carbocycles. The van der Waals surface area contributed by atoms with Crippen molar-refractivity contribution in [2.24, 2.45) is 0 Å². The highest BCUT2D eigenvalue weighted by Gasteiger charge is 2.27. The molecule has 3 aromatic carbocycles. The first-order valence-corrected chi connectivity index (χ1v) is 10.4. The van der Waals surface area contributed by atoms with E-state index in [0.717, 1.165) is 24.3 Å². The van der Waals surface area contributed by atoms with E-state index in [-0.39, 0.29) is 33.6 Å². The molecule has 0 heterocycles. The van der Waals surface area contributed by atoms with E-state index in [1.165, 1.54) is 38.1 Å². The quantitative estimate of drug-likeness (QED) is 0.310. The van der Waals surface area contributed by atoms with Crippen molar-refractivity contribution >= 4 is 45.9 Å². The number of hydrogen-bond donors (Lipinski definition) is 2. The van der Waals surface area contributed by atoms with Gasteiger partial charge in [-0.2, -0.15) is 0 Å². The minimum atomic E-state index is -0.960. The molecule has 0 aromatic heterocycles. The van der Waals surface area contributed by atoms with Crippen LogP contribution >= 0.6 is 0 Å². The number of nitrogens with one attached hydrogen (secondary N) is 2. The van der Waals surface area contributed by atoms with E-state index in [9.17, 15) is 50.0 Å². The molecule has 0 aliphatic carbocycles. The van der Waals surface area contributed by atoms with Crippen molar-refractivity contribution in [2.45, 2.75) is 13.8 Å². The van der Waals surface area contributed by atoms with Gasteiger partial charge >= 0.3 is 0 Å². The number of hydrogen-bond acceptors (Lipinski definition) is 10. The Bertz CT molecular complexity index is 1440. The Hall–Kier alpha value is -5.80. The third kappa shape index (κ3) is 5.38. The average molecular weight is 524 g/mol. The maximum Gasteiger partial charge on any atom is 0.279 e. The summed E-state index contributed by atoms with van der Waals surface area (Å²) in [4.78, 5) is 67.5. The highest BCUT2D eigenvalue weighted by atomic mass is 16.6. The van der Waals surface area contributed by atoms with Crippen LogP contribution < -0.4 is 10.6 Å². The van der Waals surface area contributed by atoms with Crippen molar-refractivity contribution in [3.05, 3.63) is 111 Å². The lowest BCUT2D eigenvalue weighted by Gasteiger charge is -2.14. The van der Waals surface area contributed by atoms with Gasteiger partial charge in [0.2, 0.25) is 0 Å². The van der Waals surface area contributed by atoms with Crippen LogP contribution in [0.1, 0.15) is 31.8 Å². The van der Waals surface area contributed by atoms with E-state index >= 15 is 0 Å². The maximum atomic E-state index is 13.0. The zero-order chi connectivity index (χ0) is 28.3. The monoisotopic (exact) mass is 524 g/mol. The average Bonchev–Trinajstić information content (AvgIpc) is 2.84.